The summed E-state index contributed by atoms with van der Waals surface area (Å²) in [5.41, 5.74) is 3.25. The number of fused-ring (bicyclic) bond motifs is 1. The molecule has 0 saturated carbocycles. The Hall–Kier alpha value is -4.62. The van der Waals surface area contributed by atoms with E-state index >= 15 is 0 Å². The highest BCUT2D eigenvalue weighted by Crippen LogP contribution is 2.40. The third-order valence-corrected chi connectivity index (χ3v) is 7.15. The number of para-hydroxylation sites is 1. The molecule has 2 aromatic heterocycles. The minimum atomic E-state index is -0.754. The van der Waals surface area contributed by atoms with E-state index in [1.807, 2.05) is 13.1 Å². The number of likely N-dealkylation sites (N-methyl/N-ethyl adjacent to an activating group) is 1. The number of hydrogen-bond donors (Lipinski definition) is 4. The number of carbonyl (C=O) groups excluding carboxylic acids is 2. The lowest BCUT2D eigenvalue weighted by Crippen LogP contribution is -2.56. The van der Waals surface area contributed by atoms with Crippen LogP contribution in [-0.2, 0) is 11.2 Å². The molecule has 40 heavy (non-hydrogen) atoms. The highest BCUT2D eigenvalue weighted by atomic mass is 19.1. The first-order chi connectivity index (χ1) is 19.3. The molecule has 4 N–H and O–H groups in total. The molecule has 1 aromatic carbocycles. The summed E-state index contributed by atoms with van der Waals surface area (Å²) in [7, 11) is 3.39. The minimum absolute atomic E-state index is 0.0377. The number of carbonyl (C=O) groups is 2. The van der Waals surface area contributed by atoms with Crippen LogP contribution in [0, 0.1) is 17.7 Å². The third-order valence-electron chi connectivity index (χ3n) is 7.15. The van der Waals surface area contributed by atoms with Gasteiger partial charge >= 0.3 is 0 Å². The molecule has 1 saturated heterocycles. The highest BCUT2D eigenvalue weighted by molar-refractivity contribution is 6.06. The molecule has 2 aliphatic rings. The van der Waals surface area contributed by atoms with Crippen LogP contribution in [0.5, 0.6) is 5.75 Å². The monoisotopic (exact) mass is 542 g/mol. The summed E-state index contributed by atoms with van der Waals surface area (Å²) in [4.78, 5) is 35.2. The second kappa shape index (κ2) is 11.2. The first-order valence-electron chi connectivity index (χ1n) is 13.1. The Morgan fingerprint density at radius 2 is 2.20 bits per heavy atom. The van der Waals surface area contributed by atoms with Gasteiger partial charge in [-0.15, -0.1) is 0 Å². The van der Waals surface area contributed by atoms with Crippen LogP contribution >= 0.6 is 0 Å². The Morgan fingerprint density at radius 1 is 1.35 bits per heavy atom. The van der Waals surface area contributed by atoms with Gasteiger partial charge in [0.25, 0.3) is 5.91 Å². The molecule has 0 unspecified atom stereocenters. The number of methoxy groups -OCH3 is 1. The van der Waals surface area contributed by atoms with Gasteiger partial charge in [-0.3, -0.25) is 14.6 Å². The maximum Gasteiger partial charge on any atom is 0.255 e. The molecular weight excluding hydrogens is 511 g/mol. The van der Waals surface area contributed by atoms with Crippen molar-refractivity contribution in [2.45, 2.75) is 24.8 Å². The number of ether oxygens (including phenoxy) is 1. The number of piperidine rings is 1. The van der Waals surface area contributed by atoms with E-state index in [4.69, 9.17) is 4.74 Å². The molecule has 2 aliphatic heterocycles. The Kier molecular flexibility index (Phi) is 7.58. The maximum absolute atomic E-state index is 14.5. The van der Waals surface area contributed by atoms with Crippen molar-refractivity contribution >= 4 is 23.2 Å². The number of pyridine rings is 1. The molecule has 2 amide bonds. The van der Waals surface area contributed by atoms with E-state index < -0.39 is 11.4 Å². The molecular formula is C30H31FN6O3. The van der Waals surface area contributed by atoms with Crippen LogP contribution in [-0.4, -0.2) is 66.0 Å². The van der Waals surface area contributed by atoms with Crippen molar-refractivity contribution in [3.63, 3.8) is 0 Å². The SMILES string of the molecule is C=CC(=O)N[C@@]1(C#Cc2cnccc2-c2[nH]c3c(c2Nc2cccc(F)c2OC)C(=O)NCC3)CCCN(C)C1. The van der Waals surface area contributed by atoms with Crippen molar-refractivity contribution in [1.29, 1.82) is 0 Å². The number of amides is 2. The number of hydrogen-bond acceptors (Lipinski definition) is 6. The Bertz CT molecular complexity index is 1540. The number of nitrogens with zero attached hydrogens (tertiary/aromatic N) is 2. The van der Waals surface area contributed by atoms with Crippen molar-refractivity contribution in [3.8, 4) is 28.8 Å². The number of aromatic nitrogens is 2. The molecule has 9 nitrogen and oxygen atoms in total. The average Bonchev–Trinajstić information content (AvgIpc) is 3.31. The normalized spacial score (nSPS) is 18.5. The first kappa shape index (κ1) is 27.0. The molecule has 3 aromatic rings. The van der Waals surface area contributed by atoms with Crippen molar-refractivity contribution in [2.24, 2.45) is 0 Å². The third kappa shape index (κ3) is 5.28. The van der Waals surface area contributed by atoms with E-state index in [9.17, 15) is 14.0 Å². The van der Waals surface area contributed by atoms with Gasteiger partial charge < -0.3 is 30.6 Å². The minimum Gasteiger partial charge on any atom is -0.492 e. The summed E-state index contributed by atoms with van der Waals surface area (Å²) < 4.78 is 19.8. The molecule has 5 rings (SSSR count). The fourth-order valence-corrected chi connectivity index (χ4v) is 5.35. The predicted octanol–water partition coefficient (Wildman–Crippen LogP) is 3.37. The van der Waals surface area contributed by atoms with Crippen LogP contribution in [0.4, 0.5) is 15.8 Å². The maximum atomic E-state index is 14.5. The van der Waals surface area contributed by atoms with Gasteiger partial charge in [-0.25, -0.2) is 4.39 Å². The quantitative estimate of drug-likeness (QED) is 0.281. The van der Waals surface area contributed by atoms with Gasteiger partial charge in [-0.2, -0.15) is 0 Å². The van der Waals surface area contributed by atoms with Crippen molar-refractivity contribution in [2.75, 3.05) is 39.1 Å². The van der Waals surface area contributed by atoms with Crippen LogP contribution in [0.1, 0.15) is 34.5 Å². The van der Waals surface area contributed by atoms with E-state index in [0.717, 1.165) is 18.7 Å². The Balaban J connectivity index is 1.63. The lowest BCUT2D eigenvalue weighted by atomic mass is 9.89. The van der Waals surface area contributed by atoms with Gasteiger partial charge in [0.05, 0.1) is 35.3 Å². The summed E-state index contributed by atoms with van der Waals surface area (Å²) in [6, 6.07) is 6.38. The van der Waals surface area contributed by atoms with E-state index in [1.165, 1.54) is 19.3 Å². The number of benzene rings is 1. The predicted molar refractivity (Wildman–Crippen MR) is 151 cm³/mol. The van der Waals surface area contributed by atoms with E-state index in [0.29, 0.717) is 59.7 Å². The molecule has 4 heterocycles. The zero-order valence-corrected chi connectivity index (χ0v) is 22.5. The van der Waals surface area contributed by atoms with Crippen molar-refractivity contribution in [1.82, 2.24) is 25.5 Å². The smallest absolute Gasteiger partial charge is 0.255 e. The number of rotatable bonds is 6. The standard InChI is InChI=1S/C30H31FN6O3/c1-4-24(38)36-30(12-6-16-37(2)18-30)13-9-19-17-32-14-10-20(19)26-27(25-22(34-26)11-15-33-29(25)39)35-23-8-5-7-21(31)28(23)40-3/h4-5,7-8,10,14,17,34-35H,1,6,11-12,15-16,18H2,2-3H3,(H,33,39)(H,36,38)/t30-/m1/s1. The van der Waals surface area contributed by atoms with E-state index in [2.05, 4.69) is 49.2 Å². The Labute approximate surface area is 232 Å². The molecule has 1 atom stereocenters. The Morgan fingerprint density at radius 3 is 2.98 bits per heavy atom. The number of anilines is 2. The lowest BCUT2D eigenvalue weighted by Gasteiger charge is -2.38. The second-order valence-electron chi connectivity index (χ2n) is 9.97. The number of H-pyrrole nitrogens is 1. The van der Waals surface area contributed by atoms with Gasteiger partial charge in [0.15, 0.2) is 11.6 Å². The molecule has 0 radical (unpaired) electrons. The highest BCUT2D eigenvalue weighted by Gasteiger charge is 2.34. The fraction of sp³-hybridized carbons (Fsp3) is 0.300. The van der Waals surface area contributed by atoms with Gasteiger partial charge in [0, 0.05) is 43.2 Å². The average molecular weight is 543 g/mol. The lowest BCUT2D eigenvalue weighted by molar-refractivity contribution is -0.118. The van der Waals surface area contributed by atoms with Gasteiger partial charge in [-0.1, -0.05) is 24.5 Å². The molecule has 0 aliphatic carbocycles. The van der Waals surface area contributed by atoms with Gasteiger partial charge in [0.2, 0.25) is 5.91 Å². The fourth-order valence-electron chi connectivity index (χ4n) is 5.35. The summed E-state index contributed by atoms with van der Waals surface area (Å²) in [5.74, 6) is 5.59. The van der Waals surface area contributed by atoms with Crippen LogP contribution < -0.4 is 20.7 Å². The molecule has 0 bridgehead atoms. The van der Waals surface area contributed by atoms with E-state index in [1.54, 1.807) is 24.5 Å². The zero-order chi connectivity index (χ0) is 28.3. The van der Waals surface area contributed by atoms with Crippen LogP contribution in [0.2, 0.25) is 0 Å². The molecule has 10 heteroatoms. The first-order valence-corrected chi connectivity index (χ1v) is 13.1. The largest absolute Gasteiger partial charge is 0.492 e. The number of likely N-dealkylation sites (tertiary alicyclic amines) is 1. The number of halogens is 1. The van der Waals surface area contributed by atoms with Crippen molar-refractivity contribution in [3.05, 3.63) is 72.0 Å². The topological polar surface area (TPSA) is 111 Å². The van der Waals surface area contributed by atoms with Gasteiger partial charge in [0.1, 0.15) is 5.54 Å². The van der Waals surface area contributed by atoms with Gasteiger partial charge in [-0.05, 0) is 50.7 Å². The zero-order valence-electron chi connectivity index (χ0n) is 22.5. The second-order valence-corrected chi connectivity index (χ2v) is 9.97. The number of aromatic amines is 1. The summed E-state index contributed by atoms with van der Waals surface area (Å²) >= 11 is 0. The van der Waals surface area contributed by atoms with Crippen molar-refractivity contribution < 1.29 is 18.7 Å². The van der Waals surface area contributed by atoms with Crippen LogP contribution in [0.3, 0.4) is 0 Å². The molecule has 206 valence electrons. The summed E-state index contributed by atoms with van der Waals surface area (Å²) in [5, 5.41) is 9.17. The number of nitrogens with one attached hydrogen (secondary N) is 4. The van der Waals surface area contributed by atoms with Crippen LogP contribution in [0.15, 0.2) is 49.3 Å². The summed E-state index contributed by atoms with van der Waals surface area (Å²) in [6.07, 6.45) is 6.74. The molecule has 0 spiro atoms. The van der Waals surface area contributed by atoms with E-state index in [-0.39, 0.29) is 17.6 Å². The molecule has 1 fully saturated rings. The summed E-state index contributed by atoms with van der Waals surface area (Å²) in [6.45, 7) is 5.57. The van der Waals surface area contributed by atoms with Crippen LogP contribution in [0.25, 0.3) is 11.3 Å².